The summed E-state index contributed by atoms with van der Waals surface area (Å²) in [5.74, 6) is -0.420. The molecule has 0 radical (unpaired) electrons. The van der Waals surface area contributed by atoms with Crippen molar-refractivity contribution in [2.75, 3.05) is 6.61 Å². The van der Waals surface area contributed by atoms with Crippen molar-refractivity contribution in [1.29, 1.82) is 0 Å². The first-order valence-electron chi connectivity index (χ1n) is 6.50. The number of ether oxygens (including phenoxy) is 1. The fourth-order valence-electron chi connectivity index (χ4n) is 1.82. The van der Waals surface area contributed by atoms with E-state index in [9.17, 15) is 20.0 Å². The predicted octanol–water partition coefficient (Wildman–Crippen LogP) is 2.61. The Bertz CT molecular complexity index is 832. The van der Waals surface area contributed by atoms with Crippen LogP contribution in [0, 0.1) is 10.1 Å². The van der Waals surface area contributed by atoms with Gasteiger partial charge in [0.2, 0.25) is 0 Å². The molecule has 1 heterocycles. The van der Waals surface area contributed by atoms with E-state index in [4.69, 9.17) is 16.3 Å². The number of rotatable bonds is 5. The van der Waals surface area contributed by atoms with Crippen molar-refractivity contribution in [2.45, 2.75) is 6.92 Å². The number of benzene rings is 1. The maximum Gasteiger partial charge on any atom is 0.395 e. The van der Waals surface area contributed by atoms with Crippen LogP contribution in [0.2, 0.25) is 5.02 Å². The van der Waals surface area contributed by atoms with Crippen LogP contribution in [-0.2, 0) is 0 Å². The molecule has 0 atom stereocenters. The van der Waals surface area contributed by atoms with Crippen molar-refractivity contribution < 1.29 is 14.8 Å². The van der Waals surface area contributed by atoms with Crippen LogP contribution in [-0.4, -0.2) is 26.6 Å². The smallest absolute Gasteiger partial charge is 0.395 e. The van der Waals surface area contributed by atoms with Crippen molar-refractivity contribution in [2.24, 2.45) is 0 Å². The summed E-state index contributed by atoms with van der Waals surface area (Å²) in [4.78, 5) is 27.0. The number of H-pyrrole nitrogens is 1. The molecule has 0 aliphatic rings. The van der Waals surface area contributed by atoms with Crippen LogP contribution in [0.1, 0.15) is 18.3 Å². The van der Waals surface area contributed by atoms with Crippen molar-refractivity contribution in [1.82, 2.24) is 9.97 Å². The molecule has 0 amide bonds. The van der Waals surface area contributed by atoms with Crippen LogP contribution in [0.25, 0.3) is 12.2 Å². The molecule has 0 fully saturated rings. The van der Waals surface area contributed by atoms with E-state index in [2.05, 4.69) is 9.97 Å². The zero-order valence-corrected chi connectivity index (χ0v) is 12.7. The zero-order chi connectivity index (χ0) is 17.0. The van der Waals surface area contributed by atoms with E-state index in [1.165, 1.54) is 6.08 Å². The molecule has 0 aliphatic heterocycles. The van der Waals surface area contributed by atoms with Gasteiger partial charge in [-0.3, -0.25) is 14.9 Å². The number of nitrogens with zero attached hydrogens (tertiary/aromatic N) is 2. The van der Waals surface area contributed by atoms with Gasteiger partial charge in [-0.05, 0) is 37.3 Å². The fraction of sp³-hybridized carbons (Fsp3) is 0.143. The monoisotopic (exact) mass is 337 g/mol. The minimum atomic E-state index is -1.04. The summed E-state index contributed by atoms with van der Waals surface area (Å²) in [7, 11) is 0. The highest BCUT2D eigenvalue weighted by Crippen LogP contribution is 2.25. The summed E-state index contributed by atoms with van der Waals surface area (Å²) in [6.07, 6.45) is 2.93. The SMILES string of the molecule is CCOc1ccc(Cl)cc1C=Cc1nc(O)c([N+](=O)[O-])c(=O)[nH]1. The molecule has 23 heavy (non-hydrogen) atoms. The van der Waals surface area contributed by atoms with Crippen LogP contribution in [0.5, 0.6) is 11.6 Å². The Morgan fingerprint density at radius 3 is 2.83 bits per heavy atom. The first-order chi connectivity index (χ1) is 10.9. The molecular weight excluding hydrogens is 326 g/mol. The molecule has 9 heteroatoms. The van der Waals surface area contributed by atoms with Gasteiger partial charge in [0.05, 0.1) is 11.5 Å². The number of hydrogen-bond acceptors (Lipinski definition) is 6. The molecule has 0 saturated carbocycles. The van der Waals surface area contributed by atoms with Gasteiger partial charge in [-0.1, -0.05) is 11.6 Å². The molecule has 0 saturated heterocycles. The summed E-state index contributed by atoms with van der Waals surface area (Å²) in [5, 5.41) is 20.6. The van der Waals surface area contributed by atoms with Crippen LogP contribution in [0.3, 0.4) is 0 Å². The number of hydrogen-bond donors (Lipinski definition) is 2. The first kappa shape index (κ1) is 16.5. The van der Waals surface area contributed by atoms with Crippen LogP contribution in [0.15, 0.2) is 23.0 Å². The lowest BCUT2D eigenvalue weighted by Gasteiger charge is -2.07. The third kappa shape index (κ3) is 3.86. The number of aromatic hydroxyl groups is 1. The molecule has 0 spiro atoms. The average molecular weight is 338 g/mol. The van der Waals surface area contributed by atoms with Crippen LogP contribution < -0.4 is 10.3 Å². The standard InChI is InChI=1S/C14H12ClN3O5/c1-2-23-10-5-4-9(15)7-8(10)3-6-11-16-13(19)12(18(21)22)14(20)17-11/h3-7H,2H2,1H3,(H2,16,17,19,20). The van der Waals surface area contributed by atoms with Crippen LogP contribution >= 0.6 is 11.6 Å². The summed E-state index contributed by atoms with van der Waals surface area (Å²) in [6, 6.07) is 5.00. The number of halogens is 1. The summed E-state index contributed by atoms with van der Waals surface area (Å²) >= 11 is 5.93. The Morgan fingerprint density at radius 1 is 1.48 bits per heavy atom. The van der Waals surface area contributed by atoms with E-state index in [0.717, 1.165) is 0 Å². The first-order valence-corrected chi connectivity index (χ1v) is 6.88. The minimum absolute atomic E-state index is 0.0412. The molecule has 2 rings (SSSR count). The highest BCUT2D eigenvalue weighted by Gasteiger charge is 2.21. The quantitative estimate of drug-likeness (QED) is 0.639. The van der Waals surface area contributed by atoms with E-state index in [0.29, 0.717) is 22.9 Å². The maximum absolute atomic E-state index is 11.6. The molecule has 2 N–H and O–H groups in total. The van der Waals surface area contributed by atoms with Gasteiger partial charge in [0.25, 0.3) is 5.88 Å². The number of nitro groups is 1. The van der Waals surface area contributed by atoms with Gasteiger partial charge < -0.3 is 14.8 Å². The third-order valence-electron chi connectivity index (χ3n) is 2.77. The Morgan fingerprint density at radius 2 is 2.22 bits per heavy atom. The lowest BCUT2D eigenvalue weighted by Crippen LogP contribution is -2.14. The van der Waals surface area contributed by atoms with Crippen molar-refractivity contribution in [3.8, 4) is 11.6 Å². The molecule has 0 aliphatic carbocycles. The Hall–Kier alpha value is -2.87. The second-order valence-corrected chi connectivity index (χ2v) is 4.77. The molecule has 1 aromatic heterocycles. The van der Waals surface area contributed by atoms with E-state index in [1.54, 1.807) is 24.3 Å². The molecule has 120 valence electrons. The van der Waals surface area contributed by atoms with E-state index in [-0.39, 0.29) is 5.82 Å². The van der Waals surface area contributed by atoms with Gasteiger partial charge >= 0.3 is 11.2 Å². The summed E-state index contributed by atoms with van der Waals surface area (Å²) in [6.45, 7) is 2.28. The van der Waals surface area contributed by atoms with Gasteiger partial charge in [-0.15, -0.1) is 0 Å². The molecule has 2 aromatic rings. The number of aromatic amines is 1. The maximum atomic E-state index is 11.6. The number of aromatic nitrogens is 2. The molecule has 0 bridgehead atoms. The van der Waals surface area contributed by atoms with Crippen molar-refractivity contribution >= 4 is 29.4 Å². The fourth-order valence-corrected chi connectivity index (χ4v) is 2.00. The Kier molecular flexibility index (Phi) is 4.97. The zero-order valence-electron chi connectivity index (χ0n) is 11.9. The van der Waals surface area contributed by atoms with Crippen LogP contribution in [0.4, 0.5) is 5.69 Å². The third-order valence-corrected chi connectivity index (χ3v) is 3.00. The Balaban J connectivity index is 2.40. The van der Waals surface area contributed by atoms with Gasteiger partial charge in [0, 0.05) is 10.6 Å². The highest BCUT2D eigenvalue weighted by atomic mass is 35.5. The van der Waals surface area contributed by atoms with E-state index in [1.807, 2.05) is 6.92 Å². The van der Waals surface area contributed by atoms with Crippen molar-refractivity contribution in [3.63, 3.8) is 0 Å². The predicted molar refractivity (Wildman–Crippen MR) is 84.7 cm³/mol. The van der Waals surface area contributed by atoms with E-state index < -0.39 is 22.0 Å². The molecular formula is C14H12ClN3O5. The molecule has 1 aromatic carbocycles. The van der Waals surface area contributed by atoms with E-state index >= 15 is 0 Å². The topological polar surface area (TPSA) is 118 Å². The lowest BCUT2D eigenvalue weighted by molar-refractivity contribution is -0.387. The van der Waals surface area contributed by atoms with Crippen molar-refractivity contribution in [3.05, 3.63) is 55.1 Å². The Labute approximate surface area is 135 Å². The average Bonchev–Trinajstić information content (AvgIpc) is 2.46. The summed E-state index contributed by atoms with van der Waals surface area (Å²) in [5.41, 5.74) is -1.42. The highest BCUT2D eigenvalue weighted by molar-refractivity contribution is 6.30. The van der Waals surface area contributed by atoms with Gasteiger partial charge in [-0.2, -0.15) is 4.98 Å². The second-order valence-electron chi connectivity index (χ2n) is 4.33. The molecule has 8 nitrogen and oxygen atoms in total. The molecule has 0 unspecified atom stereocenters. The second kappa shape index (κ2) is 6.93. The summed E-state index contributed by atoms with van der Waals surface area (Å²) < 4.78 is 5.44. The largest absolute Gasteiger partial charge is 0.493 e. The van der Waals surface area contributed by atoms with Gasteiger partial charge in [0.15, 0.2) is 0 Å². The van der Waals surface area contributed by atoms with Gasteiger partial charge in [0.1, 0.15) is 11.6 Å². The number of nitrogens with one attached hydrogen (secondary N) is 1. The lowest BCUT2D eigenvalue weighted by atomic mass is 10.2. The van der Waals surface area contributed by atoms with Gasteiger partial charge in [-0.25, -0.2) is 0 Å². The normalized spacial score (nSPS) is 10.9. The minimum Gasteiger partial charge on any atom is -0.493 e.